The van der Waals surface area contributed by atoms with Crippen LogP contribution in [0.15, 0.2) is 67.0 Å². The molecule has 0 bridgehead atoms. The molecule has 0 saturated carbocycles. The molecule has 0 spiro atoms. The van der Waals surface area contributed by atoms with E-state index in [2.05, 4.69) is 25.7 Å². The van der Waals surface area contributed by atoms with E-state index in [9.17, 15) is 13.2 Å². The number of alkyl halides is 3. The number of hydrogen-bond acceptors (Lipinski definition) is 5. The number of nitrogens with zero attached hydrogens (tertiary/aromatic N) is 4. The molecule has 2 aromatic carbocycles. The van der Waals surface area contributed by atoms with Crippen LogP contribution in [0.5, 0.6) is 0 Å². The zero-order valence-electron chi connectivity index (χ0n) is 13.8. The van der Waals surface area contributed by atoms with Crippen LogP contribution in [0.2, 0.25) is 0 Å². The third-order valence-electron chi connectivity index (χ3n) is 3.74. The van der Waals surface area contributed by atoms with Crippen molar-refractivity contribution < 1.29 is 13.2 Å². The Kier molecular flexibility index (Phi) is 4.11. The Hall–Kier alpha value is -3.62. The molecule has 0 fully saturated rings. The number of anilines is 4. The Balaban J connectivity index is 1.65. The van der Waals surface area contributed by atoms with Crippen LogP contribution in [-0.4, -0.2) is 19.6 Å². The van der Waals surface area contributed by atoms with Crippen molar-refractivity contribution in [1.82, 2.24) is 19.6 Å². The van der Waals surface area contributed by atoms with E-state index in [1.54, 1.807) is 6.20 Å². The van der Waals surface area contributed by atoms with Gasteiger partial charge in [0.1, 0.15) is 0 Å². The lowest BCUT2D eigenvalue weighted by Gasteiger charge is -2.10. The SMILES string of the molecule is FC(F)(F)c1cccc(Nc2nccn3nc(Nc4ccccc4)nc23)c1. The molecule has 2 N–H and O–H groups in total. The summed E-state index contributed by atoms with van der Waals surface area (Å²) in [5.41, 5.74) is 0.709. The number of para-hydroxylation sites is 1. The number of halogens is 3. The molecule has 2 heterocycles. The van der Waals surface area contributed by atoms with E-state index in [0.717, 1.165) is 17.8 Å². The van der Waals surface area contributed by atoms with Gasteiger partial charge in [0.15, 0.2) is 5.82 Å². The van der Waals surface area contributed by atoms with Crippen molar-refractivity contribution in [1.29, 1.82) is 0 Å². The lowest BCUT2D eigenvalue weighted by Crippen LogP contribution is -2.05. The van der Waals surface area contributed by atoms with Gasteiger partial charge in [-0.1, -0.05) is 24.3 Å². The Morgan fingerprint density at radius 3 is 2.44 bits per heavy atom. The second-order valence-corrected chi connectivity index (χ2v) is 5.67. The molecule has 9 heteroatoms. The fourth-order valence-corrected chi connectivity index (χ4v) is 2.52. The van der Waals surface area contributed by atoms with Gasteiger partial charge in [-0.3, -0.25) is 0 Å². The molecule has 0 radical (unpaired) electrons. The highest BCUT2D eigenvalue weighted by Crippen LogP contribution is 2.31. The molecule has 6 nitrogen and oxygen atoms in total. The molecule has 27 heavy (non-hydrogen) atoms. The zero-order valence-corrected chi connectivity index (χ0v) is 13.8. The number of hydrogen-bond donors (Lipinski definition) is 2. The molecule has 0 aliphatic rings. The Morgan fingerprint density at radius 1 is 0.889 bits per heavy atom. The van der Waals surface area contributed by atoms with E-state index in [1.807, 2.05) is 30.3 Å². The summed E-state index contributed by atoms with van der Waals surface area (Å²) >= 11 is 0. The minimum atomic E-state index is -4.42. The van der Waals surface area contributed by atoms with Crippen LogP contribution in [-0.2, 0) is 6.18 Å². The number of rotatable bonds is 4. The second-order valence-electron chi connectivity index (χ2n) is 5.67. The molecule has 0 saturated heterocycles. The van der Waals surface area contributed by atoms with Gasteiger partial charge in [0.2, 0.25) is 11.6 Å². The van der Waals surface area contributed by atoms with Crippen LogP contribution in [0.1, 0.15) is 5.56 Å². The normalized spacial score (nSPS) is 11.5. The second kappa shape index (κ2) is 6.60. The van der Waals surface area contributed by atoms with E-state index < -0.39 is 11.7 Å². The lowest BCUT2D eigenvalue weighted by molar-refractivity contribution is -0.137. The lowest BCUT2D eigenvalue weighted by atomic mass is 10.2. The van der Waals surface area contributed by atoms with Gasteiger partial charge < -0.3 is 10.6 Å². The van der Waals surface area contributed by atoms with Gasteiger partial charge in [-0.15, -0.1) is 5.10 Å². The predicted octanol–water partition coefficient (Wildman–Crippen LogP) is 4.63. The third kappa shape index (κ3) is 3.66. The predicted molar refractivity (Wildman–Crippen MR) is 95.2 cm³/mol. The Morgan fingerprint density at radius 2 is 1.67 bits per heavy atom. The zero-order chi connectivity index (χ0) is 18.9. The summed E-state index contributed by atoms with van der Waals surface area (Å²) in [6.45, 7) is 0. The van der Waals surface area contributed by atoms with Crippen molar-refractivity contribution in [3.8, 4) is 0 Å². The molecule has 0 atom stereocenters. The molecule has 4 rings (SSSR count). The number of nitrogens with one attached hydrogen (secondary N) is 2. The summed E-state index contributed by atoms with van der Waals surface area (Å²) < 4.78 is 40.2. The van der Waals surface area contributed by atoms with Crippen molar-refractivity contribution in [2.24, 2.45) is 0 Å². The minimum Gasteiger partial charge on any atom is -0.337 e. The summed E-state index contributed by atoms with van der Waals surface area (Å²) in [7, 11) is 0. The molecule has 0 aliphatic heterocycles. The van der Waals surface area contributed by atoms with Gasteiger partial charge in [-0.25, -0.2) is 9.50 Å². The van der Waals surface area contributed by atoms with Crippen LogP contribution >= 0.6 is 0 Å². The maximum atomic E-state index is 12.9. The monoisotopic (exact) mass is 370 g/mol. The Labute approximate surface area is 151 Å². The molecule has 136 valence electrons. The average molecular weight is 370 g/mol. The van der Waals surface area contributed by atoms with E-state index in [1.165, 1.54) is 22.8 Å². The fraction of sp³-hybridized carbons (Fsp3) is 0.0556. The summed E-state index contributed by atoms with van der Waals surface area (Å²) in [4.78, 5) is 8.54. The Bertz CT molecular complexity index is 1080. The molecular formula is C18H13F3N6. The number of benzene rings is 2. The highest BCUT2D eigenvalue weighted by Gasteiger charge is 2.30. The van der Waals surface area contributed by atoms with Crippen molar-refractivity contribution in [3.05, 3.63) is 72.6 Å². The van der Waals surface area contributed by atoms with Crippen LogP contribution in [0.4, 0.5) is 36.3 Å². The van der Waals surface area contributed by atoms with Crippen molar-refractivity contribution >= 4 is 28.8 Å². The molecule has 2 aromatic heterocycles. The first-order chi connectivity index (χ1) is 13.0. The van der Waals surface area contributed by atoms with Crippen LogP contribution < -0.4 is 10.6 Å². The summed E-state index contributed by atoms with van der Waals surface area (Å²) in [5, 5.41) is 10.2. The van der Waals surface area contributed by atoms with Gasteiger partial charge in [0.25, 0.3) is 0 Å². The smallest absolute Gasteiger partial charge is 0.337 e. The first-order valence-corrected chi connectivity index (χ1v) is 7.97. The number of fused-ring (bicyclic) bond motifs is 1. The molecule has 0 aliphatic carbocycles. The highest BCUT2D eigenvalue weighted by molar-refractivity contribution is 5.71. The summed E-state index contributed by atoms with van der Waals surface area (Å²) in [5.74, 6) is 0.645. The van der Waals surface area contributed by atoms with Crippen LogP contribution in [0.25, 0.3) is 5.65 Å². The maximum absolute atomic E-state index is 12.9. The van der Waals surface area contributed by atoms with Crippen LogP contribution in [0.3, 0.4) is 0 Å². The average Bonchev–Trinajstić information content (AvgIpc) is 3.06. The van der Waals surface area contributed by atoms with E-state index >= 15 is 0 Å². The third-order valence-corrected chi connectivity index (χ3v) is 3.74. The van der Waals surface area contributed by atoms with E-state index in [-0.39, 0.29) is 5.69 Å². The van der Waals surface area contributed by atoms with Gasteiger partial charge in [0.05, 0.1) is 5.56 Å². The van der Waals surface area contributed by atoms with Gasteiger partial charge in [0, 0.05) is 23.8 Å². The largest absolute Gasteiger partial charge is 0.416 e. The first kappa shape index (κ1) is 16.8. The summed E-state index contributed by atoms with van der Waals surface area (Å²) in [6.07, 6.45) is -1.32. The topological polar surface area (TPSA) is 67.1 Å². The first-order valence-electron chi connectivity index (χ1n) is 7.97. The molecule has 4 aromatic rings. The molecule has 0 amide bonds. The van der Waals surface area contributed by atoms with Gasteiger partial charge in [-0.2, -0.15) is 18.2 Å². The fourth-order valence-electron chi connectivity index (χ4n) is 2.52. The van der Waals surface area contributed by atoms with Crippen molar-refractivity contribution in [3.63, 3.8) is 0 Å². The van der Waals surface area contributed by atoms with E-state index in [0.29, 0.717) is 17.4 Å². The van der Waals surface area contributed by atoms with Crippen LogP contribution in [0, 0.1) is 0 Å². The standard InChI is InChI=1S/C18H13F3N6/c19-18(20,21)12-5-4-8-14(11-12)23-15-16-25-17(26-27(16)10-9-22-15)24-13-6-2-1-3-7-13/h1-11H,(H,22,23)(H,24,26). The van der Waals surface area contributed by atoms with E-state index in [4.69, 9.17) is 0 Å². The molecule has 0 unspecified atom stereocenters. The van der Waals surface area contributed by atoms with Crippen molar-refractivity contribution in [2.45, 2.75) is 6.18 Å². The van der Waals surface area contributed by atoms with Gasteiger partial charge in [-0.05, 0) is 30.3 Å². The summed E-state index contributed by atoms with van der Waals surface area (Å²) in [6, 6.07) is 14.3. The van der Waals surface area contributed by atoms with Crippen molar-refractivity contribution in [2.75, 3.05) is 10.6 Å². The molecular weight excluding hydrogens is 357 g/mol. The highest BCUT2D eigenvalue weighted by atomic mass is 19.4. The minimum absolute atomic E-state index is 0.256. The maximum Gasteiger partial charge on any atom is 0.416 e. The quantitative estimate of drug-likeness (QED) is 0.548. The van der Waals surface area contributed by atoms with Gasteiger partial charge >= 0.3 is 6.18 Å². The number of aromatic nitrogens is 4.